The number of esters is 1. The molecule has 4 rings (SSSR count). The molecule has 1 saturated carbocycles. The van der Waals surface area contributed by atoms with Gasteiger partial charge in [-0.2, -0.15) is 0 Å². The van der Waals surface area contributed by atoms with Gasteiger partial charge in [0.05, 0.1) is 5.75 Å². The number of sulfone groups is 1. The fourth-order valence-corrected chi connectivity index (χ4v) is 5.49. The monoisotopic (exact) mass is 446 g/mol. The van der Waals surface area contributed by atoms with Gasteiger partial charge in [-0.15, -0.1) is 0 Å². The average molecular weight is 447 g/mol. The lowest BCUT2D eigenvalue weighted by molar-refractivity contribution is -0.146. The minimum Gasteiger partial charge on any atom is -0.507 e. The van der Waals surface area contributed by atoms with Crippen LogP contribution in [0.3, 0.4) is 0 Å². The lowest BCUT2D eigenvalue weighted by atomic mass is 9.91. The maximum atomic E-state index is 12.6. The highest BCUT2D eigenvalue weighted by atomic mass is 35.5. The van der Waals surface area contributed by atoms with Crippen molar-refractivity contribution in [1.82, 2.24) is 0 Å². The number of aliphatic hydroxyl groups excluding tert-OH is 1. The molecule has 1 spiro atoms. The van der Waals surface area contributed by atoms with Crippen LogP contribution in [0.5, 0.6) is 0 Å². The molecule has 2 aliphatic rings. The fraction of sp³-hybridized carbons (Fsp3) is 0.348. The third-order valence-corrected chi connectivity index (χ3v) is 6.99. The second-order valence-corrected chi connectivity index (χ2v) is 10.8. The molecule has 0 amide bonds. The van der Waals surface area contributed by atoms with E-state index in [4.69, 9.17) is 16.3 Å². The van der Waals surface area contributed by atoms with E-state index < -0.39 is 21.4 Å². The number of carbonyl (C=O) groups excluding carboxylic acids is 1. The van der Waals surface area contributed by atoms with Crippen molar-refractivity contribution in [2.24, 2.45) is 0 Å². The number of aryl methyl sites for hydroxylation is 1. The van der Waals surface area contributed by atoms with Crippen LogP contribution in [0.4, 0.5) is 0 Å². The molecule has 2 aromatic carbocycles. The first-order valence-electron chi connectivity index (χ1n) is 9.84. The number of hydrogen-bond donors (Lipinski definition) is 1. The average Bonchev–Trinajstić information content (AvgIpc) is 3.21. The molecule has 1 aliphatic carbocycles. The first kappa shape index (κ1) is 20.9. The van der Waals surface area contributed by atoms with Crippen molar-refractivity contribution in [1.29, 1.82) is 0 Å². The van der Waals surface area contributed by atoms with E-state index in [1.807, 2.05) is 19.1 Å². The SMILES string of the molecule is Cc1cc(-c2cccc(CS(C)(=O)=O)c2)c(Cl)cc1C1=C(O)C2(CCCC2)OC1=O. The normalized spacial score (nSPS) is 18.3. The van der Waals surface area contributed by atoms with Gasteiger partial charge in [-0.3, -0.25) is 0 Å². The molecule has 0 bridgehead atoms. The van der Waals surface area contributed by atoms with Crippen LogP contribution in [0.15, 0.2) is 42.2 Å². The highest BCUT2D eigenvalue weighted by Crippen LogP contribution is 2.47. The molecule has 1 heterocycles. The van der Waals surface area contributed by atoms with Gasteiger partial charge in [0.1, 0.15) is 5.57 Å². The van der Waals surface area contributed by atoms with E-state index in [0.717, 1.165) is 29.5 Å². The van der Waals surface area contributed by atoms with E-state index in [1.165, 1.54) is 6.26 Å². The summed E-state index contributed by atoms with van der Waals surface area (Å²) in [5.74, 6) is -0.562. The molecular formula is C23H23ClO5S. The van der Waals surface area contributed by atoms with Crippen molar-refractivity contribution in [3.63, 3.8) is 0 Å². The Morgan fingerprint density at radius 1 is 1.13 bits per heavy atom. The number of halogens is 1. The van der Waals surface area contributed by atoms with Crippen molar-refractivity contribution in [3.05, 3.63) is 63.9 Å². The van der Waals surface area contributed by atoms with Crippen LogP contribution in [0.2, 0.25) is 5.02 Å². The molecule has 30 heavy (non-hydrogen) atoms. The van der Waals surface area contributed by atoms with E-state index in [1.54, 1.807) is 24.3 Å². The maximum absolute atomic E-state index is 12.6. The van der Waals surface area contributed by atoms with Gasteiger partial charge in [-0.05, 0) is 67.0 Å². The lowest BCUT2D eigenvalue weighted by Crippen LogP contribution is -2.27. The van der Waals surface area contributed by atoms with Crippen molar-refractivity contribution in [2.75, 3.05) is 6.26 Å². The predicted octanol–water partition coefficient (Wildman–Crippen LogP) is 5.00. The topological polar surface area (TPSA) is 80.7 Å². The molecule has 1 fully saturated rings. The zero-order chi connectivity index (χ0) is 21.7. The van der Waals surface area contributed by atoms with Crippen LogP contribution >= 0.6 is 11.6 Å². The first-order valence-corrected chi connectivity index (χ1v) is 12.3. The molecule has 158 valence electrons. The Labute approximate surface area is 181 Å². The molecule has 1 N–H and O–H groups in total. The largest absolute Gasteiger partial charge is 0.507 e. The zero-order valence-corrected chi connectivity index (χ0v) is 18.4. The van der Waals surface area contributed by atoms with Crippen LogP contribution in [0.25, 0.3) is 16.7 Å². The molecular weight excluding hydrogens is 424 g/mol. The Balaban J connectivity index is 1.76. The van der Waals surface area contributed by atoms with Gasteiger partial charge < -0.3 is 9.84 Å². The fourth-order valence-electron chi connectivity index (χ4n) is 4.43. The summed E-state index contributed by atoms with van der Waals surface area (Å²) in [6, 6.07) is 10.7. The van der Waals surface area contributed by atoms with Crippen LogP contribution in [-0.2, 0) is 25.1 Å². The number of hydrogen-bond acceptors (Lipinski definition) is 5. The molecule has 0 atom stereocenters. The van der Waals surface area contributed by atoms with Crippen LogP contribution in [0, 0.1) is 6.92 Å². The summed E-state index contributed by atoms with van der Waals surface area (Å²) < 4.78 is 28.9. The van der Waals surface area contributed by atoms with E-state index >= 15 is 0 Å². The molecule has 2 aromatic rings. The number of benzene rings is 2. The highest BCUT2D eigenvalue weighted by Gasteiger charge is 2.50. The molecule has 7 heteroatoms. The molecule has 0 aromatic heterocycles. The molecule has 1 aliphatic heterocycles. The summed E-state index contributed by atoms with van der Waals surface area (Å²) in [4.78, 5) is 12.6. The highest BCUT2D eigenvalue weighted by molar-refractivity contribution is 7.89. The summed E-state index contributed by atoms with van der Waals surface area (Å²) in [5.41, 5.74) is 2.83. The van der Waals surface area contributed by atoms with Gasteiger partial charge in [-0.1, -0.05) is 35.9 Å². The second kappa shape index (κ2) is 7.43. The summed E-state index contributed by atoms with van der Waals surface area (Å²) >= 11 is 6.57. The quantitative estimate of drug-likeness (QED) is 0.668. The summed E-state index contributed by atoms with van der Waals surface area (Å²) in [5, 5.41) is 11.3. The summed E-state index contributed by atoms with van der Waals surface area (Å²) in [6.45, 7) is 1.85. The van der Waals surface area contributed by atoms with Gasteiger partial charge in [0.25, 0.3) is 0 Å². The molecule has 0 unspecified atom stereocenters. The standard InChI is InChI=1S/C23H23ClO5S/c1-14-10-18(16-7-5-6-15(11-16)13-30(2,27)28)19(24)12-17(14)20-21(25)23(29-22(20)26)8-3-4-9-23/h5-7,10-12,25H,3-4,8-9,13H2,1-2H3. The summed E-state index contributed by atoms with van der Waals surface area (Å²) in [7, 11) is -3.15. The van der Waals surface area contributed by atoms with Gasteiger partial charge in [0, 0.05) is 16.8 Å². The number of carbonyl (C=O) groups is 1. The number of ether oxygens (including phenoxy) is 1. The smallest absolute Gasteiger partial charge is 0.343 e. The summed E-state index contributed by atoms with van der Waals surface area (Å²) in [6.07, 6.45) is 4.28. The van der Waals surface area contributed by atoms with E-state index in [2.05, 4.69) is 0 Å². The van der Waals surface area contributed by atoms with Gasteiger partial charge in [-0.25, -0.2) is 13.2 Å². The minimum atomic E-state index is -3.15. The lowest BCUT2D eigenvalue weighted by Gasteiger charge is -2.21. The van der Waals surface area contributed by atoms with E-state index in [-0.39, 0.29) is 17.1 Å². The van der Waals surface area contributed by atoms with Gasteiger partial charge in [0.2, 0.25) is 0 Å². The maximum Gasteiger partial charge on any atom is 0.343 e. The van der Waals surface area contributed by atoms with E-state index in [0.29, 0.717) is 29.0 Å². The number of rotatable bonds is 4. The Bertz CT molecular complexity index is 1170. The Morgan fingerprint density at radius 2 is 1.83 bits per heavy atom. The minimum absolute atomic E-state index is 0.00654. The van der Waals surface area contributed by atoms with E-state index in [9.17, 15) is 18.3 Å². The van der Waals surface area contributed by atoms with Crippen LogP contribution in [-0.4, -0.2) is 31.4 Å². The Hall–Kier alpha value is -2.31. The third kappa shape index (κ3) is 3.74. The second-order valence-electron chi connectivity index (χ2n) is 8.23. The third-order valence-electron chi connectivity index (χ3n) is 5.82. The van der Waals surface area contributed by atoms with Crippen molar-refractivity contribution >= 4 is 33.0 Å². The van der Waals surface area contributed by atoms with Gasteiger partial charge in [0.15, 0.2) is 21.2 Å². The van der Waals surface area contributed by atoms with Crippen molar-refractivity contribution in [2.45, 2.75) is 44.0 Å². The van der Waals surface area contributed by atoms with Gasteiger partial charge >= 0.3 is 5.97 Å². The molecule has 0 radical (unpaired) electrons. The van der Waals surface area contributed by atoms with Crippen molar-refractivity contribution < 1.29 is 23.1 Å². The van der Waals surface area contributed by atoms with Crippen LogP contribution in [0.1, 0.15) is 42.4 Å². The Morgan fingerprint density at radius 3 is 2.50 bits per heavy atom. The molecule has 5 nitrogen and oxygen atoms in total. The van der Waals surface area contributed by atoms with Crippen molar-refractivity contribution in [3.8, 4) is 11.1 Å². The number of aliphatic hydroxyl groups is 1. The Kier molecular flexibility index (Phi) is 5.19. The molecule has 0 saturated heterocycles. The zero-order valence-electron chi connectivity index (χ0n) is 16.9. The first-order chi connectivity index (χ1) is 14.1. The van der Waals surface area contributed by atoms with Crippen LogP contribution < -0.4 is 0 Å². The predicted molar refractivity (Wildman–Crippen MR) is 117 cm³/mol.